The van der Waals surface area contributed by atoms with Crippen molar-refractivity contribution in [1.82, 2.24) is 10.2 Å². The van der Waals surface area contributed by atoms with Crippen LogP contribution in [-0.4, -0.2) is 36.5 Å². The van der Waals surface area contributed by atoms with E-state index in [1.807, 2.05) is 4.90 Å². The number of amides is 1. The van der Waals surface area contributed by atoms with Gasteiger partial charge < -0.3 is 10.2 Å². The molecule has 1 aliphatic rings. The first-order chi connectivity index (χ1) is 6.25. The molecule has 1 N–H and O–H groups in total. The SMILES string of the molecule is CCCCN1C(=O)CCNCC1C. The number of carbonyl (C=O) groups excluding carboxylic acids is 1. The highest BCUT2D eigenvalue weighted by atomic mass is 16.2. The molecule has 1 unspecified atom stereocenters. The monoisotopic (exact) mass is 184 g/mol. The van der Waals surface area contributed by atoms with Gasteiger partial charge in [0.2, 0.25) is 5.91 Å². The van der Waals surface area contributed by atoms with Gasteiger partial charge in [-0.3, -0.25) is 4.79 Å². The summed E-state index contributed by atoms with van der Waals surface area (Å²) in [6.07, 6.45) is 2.94. The topological polar surface area (TPSA) is 32.3 Å². The van der Waals surface area contributed by atoms with Gasteiger partial charge in [0.15, 0.2) is 0 Å². The van der Waals surface area contributed by atoms with E-state index in [9.17, 15) is 4.79 Å². The summed E-state index contributed by atoms with van der Waals surface area (Å²) in [5, 5.41) is 3.27. The smallest absolute Gasteiger partial charge is 0.224 e. The molecule has 0 saturated carbocycles. The minimum Gasteiger partial charge on any atom is -0.339 e. The van der Waals surface area contributed by atoms with Crippen LogP contribution in [0.1, 0.15) is 33.1 Å². The predicted molar refractivity (Wildman–Crippen MR) is 53.6 cm³/mol. The Hall–Kier alpha value is -0.570. The zero-order chi connectivity index (χ0) is 9.68. The van der Waals surface area contributed by atoms with Crippen molar-refractivity contribution < 1.29 is 4.79 Å². The van der Waals surface area contributed by atoms with E-state index < -0.39 is 0 Å². The second-order valence-corrected chi connectivity index (χ2v) is 3.74. The highest BCUT2D eigenvalue weighted by Gasteiger charge is 2.21. The summed E-state index contributed by atoms with van der Waals surface area (Å²) in [5.41, 5.74) is 0. The standard InChI is InChI=1S/C10H20N2O/c1-3-4-7-12-9(2)8-11-6-5-10(12)13/h9,11H,3-8H2,1-2H3. The molecule has 0 aromatic heterocycles. The van der Waals surface area contributed by atoms with Crippen molar-refractivity contribution in [3.8, 4) is 0 Å². The molecular formula is C10H20N2O. The van der Waals surface area contributed by atoms with Gasteiger partial charge in [-0.25, -0.2) is 0 Å². The molecule has 0 bridgehead atoms. The second-order valence-electron chi connectivity index (χ2n) is 3.74. The van der Waals surface area contributed by atoms with Gasteiger partial charge in [0.1, 0.15) is 0 Å². The van der Waals surface area contributed by atoms with Crippen LogP contribution in [0.5, 0.6) is 0 Å². The Balaban J connectivity index is 2.48. The van der Waals surface area contributed by atoms with E-state index in [2.05, 4.69) is 19.2 Å². The van der Waals surface area contributed by atoms with E-state index in [4.69, 9.17) is 0 Å². The van der Waals surface area contributed by atoms with Gasteiger partial charge in [0.05, 0.1) is 0 Å². The Morgan fingerprint density at radius 2 is 2.38 bits per heavy atom. The first kappa shape index (κ1) is 10.5. The molecule has 1 fully saturated rings. The van der Waals surface area contributed by atoms with E-state index in [0.717, 1.165) is 32.5 Å². The molecule has 76 valence electrons. The number of nitrogens with zero attached hydrogens (tertiary/aromatic N) is 1. The molecule has 1 heterocycles. The van der Waals surface area contributed by atoms with Gasteiger partial charge in [0, 0.05) is 32.1 Å². The lowest BCUT2D eigenvalue weighted by molar-refractivity contribution is -0.132. The number of hydrogen-bond donors (Lipinski definition) is 1. The van der Waals surface area contributed by atoms with Crippen LogP contribution < -0.4 is 5.32 Å². The molecule has 1 aliphatic heterocycles. The van der Waals surface area contributed by atoms with E-state index in [1.165, 1.54) is 0 Å². The lowest BCUT2D eigenvalue weighted by Gasteiger charge is -2.26. The molecule has 1 rings (SSSR count). The van der Waals surface area contributed by atoms with Crippen molar-refractivity contribution in [3.05, 3.63) is 0 Å². The lowest BCUT2D eigenvalue weighted by atomic mass is 10.2. The van der Waals surface area contributed by atoms with Crippen LogP contribution in [0.3, 0.4) is 0 Å². The highest BCUT2D eigenvalue weighted by molar-refractivity contribution is 5.77. The summed E-state index contributed by atoms with van der Waals surface area (Å²) in [6, 6.07) is 0.363. The number of rotatable bonds is 3. The van der Waals surface area contributed by atoms with Gasteiger partial charge in [-0.05, 0) is 13.3 Å². The van der Waals surface area contributed by atoms with Crippen LogP contribution in [0.4, 0.5) is 0 Å². The maximum Gasteiger partial charge on any atom is 0.224 e. The number of carbonyl (C=O) groups is 1. The fourth-order valence-electron chi connectivity index (χ4n) is 1.68. The molecule has 0 aromatic carbocycles. The minimum atomic E-state index is 0.311. The van der Waals surface area contributed by atoms with Crippen LogP contribution in [0.25, 0.3) is 0 Å². The first-order valence-corrected chi connectivity index (χ1v) is 5.26. The van der Waals surface area contributed by atoms with Crippen LogP contribution >= 0.6 is 0 Å². The summed E-state index contributed by atoms with van der Waals surface area (Å²) < 4.78 is 0. The average molecular weight is 184 g/mol. The quantitative estimate of drug-likeness (QED) is 0.709. The molecule has 1 atom stereocenters. The van der Waals surface area contributed by atoms with Crippen molar-refractivity contribution in [1.29, 1.82) is 0 Å². The third kappa shape index (κ3) is 2.99. The highest BCUT2D eigenvalue weighted by Crippen LogP contribution is 2.06. The number of unbranched alkanes of at least 4 members (excludes halogenated alkanes) is 1. The van der Waals surface area contributed by atoms with Crippen LogP contribution in [-0.2, 0) is 4.79 Å². The van der Waals surface area contributed by atoms with Crippen molar-refractivity contribution in [2.24, 2.45) is 0 Å². The van der Waals surface area contributed by atoms with Crippen LogP contribution in [0.15, 0.2) is 0 Å². The van der Waals surface area contributed by atoms with Gasteiger partial charge >= 0.3 is 0 Å². The Morgan fingerprint density at radius 3 is 3.08 bits per heavy atom. The number of hydrogen-bond acceptors (Lipinski definition) is 2. The van der Waals surface area contributed by atoms with E-state index >= 15 is 0 Å². The molecule has 1 saturated heterocycles. The molecule has 0 aromatic rings. The Bertz CT molecular complexity index is 170. The molecule has 3 heteroatoms. The molecule has 3 nitrogen and oxygen atoms in total. The fourth-order valence-corrected chi connectivity index (χ4v) is 1.68. The largest absolute Gasteiger partial charge is 0.339 e. The van der Waals surface area contributed by atoms with Crippen LogP contribution in [0.2, 0.25) is 0 Å². The first-order valence-electron chi connectivity index (χ1n) is 5.26. The maximum absolute atomic E-state index is 11.6. The zero-order valence-corrected chi connectivity index (χ0v) is 8.68. The summed E-state index contributed by atoms with van der Waals surface area (Å²) in [6.45, 7) is 6.98. The van der Waals surface area contributed by atoms with Crippen molar-refractivity contribution >= 4 is 5.91 Å². The van der Waals surface area contributed by atoms with Crippen LogP contribution in [0, 0.1) is 0 Å². The fraction of sp³-hybridized carbons (Fsp3) is 0.900. The summed E-state index contributed by atoms with van der Waals surface area (Å²) >= 11 is 0. The maximum atomic E-state index is 11.6. The second kappa shape index (κ2) is 5.22. The van der Waals surface area contributed by atoms with Crippen molar-refractivity contribution in [2.75, 3.05) is 19.6 Å². The predicted octanol–water partition coefficient (Wildman–Crippen LogP) is 0.997. The summed E-state index contributed by atoms with van der Waals surface area (Å²) in [7, 11) is 0. The van der Waals surface area contributed by atoms with E-state index in [1.54, 1.807) is 0 Å². The normalized spacial score (nSPS) is 24.6. The summed E-state index contributed by atoms with van der Waals surface area (Å²) in [5.74, 6) is 0.311. The van der Waals surface area contributed by atoms with Crippen molar-refractivity contribution in [2.45, 2.75) is 39.2 Å². The summed E-state index contributed by atoms with van der Waals surface area (Å²) in [4.78, 5) is 13.6. The molecular weight excluding hydrogens is 164 g/mol. The van der Waals surface area contributed by atoms with E-state index in [0.29, 0.717) is 18.4 Å². The molecule has 1 amide bonds. The third-order valence-corrected chi connectivity index (χ3v) is 2.56. The third-order valence-electron chi connectivity index (χ3n) is 2.56. The van der Waals surface area contributed by atoms with Gasteiger partial charge in [-0.1, -0.05) is 13.3 Å². The minimum absolute atomic E-state index is 0.311. The zero-order valence-electron chi connectivity index (χ0n) is 8.68. The Kier molecular flexibility index (Phi) is 4.22. The molecule has 13 heavy (non-hydrogen) atoms. The van der Waals surface area contributed by atoms with E-state index in [-0.39, 0.29) is 0 Å². The molecule has 0 aliphatic carbocycles. The molecule has 0 radical (unpaired) electrons. The van der Waals surface area contributed by atoms with Crippen molar-refractivity contribution in [3.63, 3.8) is 0 Å². The number of nitrogens with one attached hydrogen (secondary N) is 1. The Morgan fingerprint density at radius 1 is 1.62 bits per heavy atom. The average Bonchev–Trinajstić information content (AvgIpc) is 2.26. The lowest BCUT2D eigenvalue weighted by Crippen LogP contribution is -2.40. The molecule has 0 spiro atoms. The van der Waals surface area contributed by atoms with Gasteiger partial charge in [-0.15, -0.1) is 0 Å². The van der Waals surface area contributed by atoms with Gasteiger partial charge in [-0.2, -0.15) is 0 Å². The Labute approximate surface area is 80.5 Å². The van der Waals surface area contributed by atoms with Gasteiger partial charge in [0.25, 0.3) is 0 Å².